The van der Waals surface area contributed by atoms with Gasteiger partial charge in [0.15, 0.2) is 0 Å². The molecule has 19 heavy (non-hydrogen) atoms. The summed E-state index contributed by atoms with van der Waals surface area (Å²) >= 11 is 0. The molecule has 0 N–H and O–H groups in total. The molecule has 1 aromatic carbocycles. The number of benzene rings is 1. The van der Waals surface area contributed by atoms with E-state index in [2.05, 4.69) is 13.8 Å². The molecule has 0 aliphatic heterocycles. The van der Waals surface area contributed by atoms with Gasteiger partial charge in [0, 0.05) is 0 Å². The van der Waals surface area contributed by atoms with Crippen LogP contribution in [0.2, 0.25) is 0 Å². The average molecular weight is 262 g/mol. The summed E-state index contributed by atoms with van der Waals surface area (Å²) in [4.78, 5) is 11.6. The molecule has 1 aromatic rings. The van der Waals surface area contributed by atoms with E-state index in [0.29, 0.717) is 12.2 Å². The molecule has 0 spiro atoms. The van der Waals surface area contributed by atoms with Gasteiger partial charge in [-0.3, -0.25) is 0 Å². The van der Waals surface area contributed by atoms with Crippen molar-refractivity contribution >= 4 is 5.97 Å². The SMILES string of the molecule is CCCC(C)CCCCCOC(=O)c1ccccc1. The molecule has 0 aliphatic rings. The summed E-state index contributed by atoms with van der Waals surface area (Å²) in [5, 5.41) is 0. The predicted octanol–water partition coefficient (Wildman–Crippen LogP) is 4.84. The van der Waals surface area contributed by atoms with E-state index >= 15 is 0 Å². The van der Waals surface area contributed by atoms with Gasteiger partial charge in [0.25, 0.3) is 0 Å². The Morgan fingerprint density at radius 1 is 1.11 bits per heavy atom. The fourth-order valence-corrected chi connectivity index (χ4v) is 2.23. The summed E-state index contributed by atoms with van der Waals surface area (Å²) in [6.07, 6.45) is 7.25. The molecular weight excluding hydrogens is 236 g/mol. The highest BCUT2D eigenvalue weighted by atomic mass is 16.5. The van der Waals surface area contributed by atoms with Gasteiger partial charge in [0.05, 0.1) is 12.2 Å². The molecule has 1 rings (SSSR count). The Kier molecular flexibility index (Phi) is 7.95. The molecule has 0 radical (unpaired) electrons. The van der Waals surface area contributed by atoms with Crippen LogP contribution < -0.4 is 0 Å². The summed E-state index contributed by atoms with van der Waals surface area (Å²) in [5.41, 5.74) is 0.638. The lowest BCUT2D eigenvalue weighted by Crippen LogP contribution is -2.06. The third-order valence-corrected chi connectivity index (χ3v) is 3.37. The van der Waals surface area contributed by atoms with Crippen LogP contribution in [0.5, 0.6) is 0 Å². The van der Waals surface area contributed by atoms with Crippen molar-refractivity contribution in [3.05, 3.63) is 35.9 Å². The second kappa shape index (κ2) is 9.60. The van der Waals surface area contributed by atoms with Gasteiger partial charge in [0.2, 0.25) is 0 Å². The second-order valence-corrected chi connectivity index (χ2v) is 5.25. The first-order chi connectivity index (χ1) is 9.24. The van der Waals surface area contributed by atoms with Gasteiger partial charge >= 0.3 is 5.97 Å². The Balaban J connectivity index is 2.04. The lowest BCUT2D eigenvalue weighted by molar-refractivity contribution is 0.0497. The summed E-state index contributed by atoms with van der Waals surface area (Å²) in [6, 6.07) is 9.18. The van der Waals surface area contributed by atoms with Crippen LogP contribution in [0.25, 0.3) is 0 Å². The molecule has 0 fully saturated rings. The van der Waals surface area contributed by atoms with E-state index in [4.69, 9.17) is 4.74 Å². The highest BCUT2D eigenvalue weighted by Gasteiger charge is 2.05. The average Bonchev–Trinajstić information content (AvgIpc) is 2.43. The molecule has 0 saturated carbocycles. The fourth-order valence-electron chi connectivity index (χ4n) is 2.23. The third-order valence-electron chi connectivity index (χ3n) is 3.37. The smallest absolute Gasteiger partial charge is 0.338 e. The van der Waals surface area contributed by atoms with Crippen molar-refractivity contribution < 1.29 is 9.53 Å². The van der Waals surface area contributed by atoms with Gasteiger partial charge < -0.3 is 4.74 Å². The van der Waals surface area contributed by atoms with Crippen LogP contribution in [-0.4, -0.2) is 12.6 Å². The maximum atomic E-state index is 11.6. The number of esters is 1. The first-order valence-electron chi connectivity index (χ1n) is 7.46. The Morgan fingerprint density at radius 3 is 2.53 bits per heavy atom. The monoisotopic (exact) mass is 262 g/mol. The maximum absolute atomic E-state index is 11.6. The first-order valence-corrected chi connectivity index (χ1v) is 7.46. The number of hydrogen-bond donors (Lipinski definition) is 0. The molecule has 0 amide bonds. The number of hydrogen-bond acceptors (Lipinski definition) is 2. The Labute approximate surface area is 117 Å². The van der Waals surface area contributed by atoms with Crippen molar-refractivity contribution in [3.8, 4) is 0 Å². The Bertz CT molecular complexity index is 346. The number of rotatable bonds is 9. The van der Waals surface area contributed by atoms with E-state index in [0.717, 1.165) is 18.8 Å². The first kappa shape index (κ1) is 15.7. The third kappa shape index (κ3) is 7.00. The molecular formula is C17H26O2. The quantitative estimate of drug-likeness (QED) is 0.470. The van der Waals surface area contributed by atoms with Crippen LogP contribution >= 0.6 is 0 Å². The van der Waals surface area contributed by atoms with Crippen molar-refractivity contribution in [1.82, 2.24) is 0 Å². The van der Waals surface area contributed by atoms with Crippen molar-refractivity contribution in [3.63, 3.8) is 0 Å². The van der Waals surface area contributed by atoms with Gasteiger partial charge in [-0.1, -0.05) is 64.2 Å². The van der Waals surface area contributed by atoms with Crippen LogP contribution in [-0.2, 0) is 4.74 Å². The highest BCUT2D eigenvalue weighted by Crippen LogP contribution is 2.14. The summed E-state index contributed by atoms with van der Waals surface area (Å²) in [7, 11) is 0. The minimum atomic E-state index is -0.208. The van der Waals surface area contributed by atoms with Gasteiger partial charge in [-0.25, -0.2) is 4.79 Å². The zero-order chi connectivity index (χ0) is 13.9. The van der Waals surface area contributed by atoms with Crippen molar-refractivity contribution in [2.24, 2.45) is 5.92 Å². The van der Waals surface area contributed by atoms with E-state index < -0.39 is 0 Å². The zero-order valence-electron chi connectivity index (χ0n) is 12.2. The highest BCUT2D eigenvalue weighted by molar-refractivity contribution is 5.89. The van der Waals surface area contributed by atoms with E-state index in [1.807, 2.05) is 18.2 Å². The molecule has 106 valence electrons. The molecule has 0 saturated heterocycles. The standard InChI is InChI=1S/C17H26O2/c1-3-10-15(2)11-6-5-9-14-19-17(18)16-12-7-4-8-13-16/h4,7-8,12-13,15H,3,5-6,9-11,14H2,1-2H3. The van der Waals surface area contributed by atoms with E-state index in [-0.39, 0.29) is 5.97 Å². The van der Waals surface area contributed by atoms with Crippen molar-refractivity contribution in [1.29, 1.82) is 0 Å². The fraction of sp³-hybridized carbons (Fsp3) is 0.588. The molecule has 2 nitrogen and oxygen atoms in total. The number of carbonyl (C=O) groups is 1. The number of carbonyl (C=O) groups excluding carboxylic acids is 1. The van der Waals surface area contributed by atoms with Crippen LogP contribution in [0.4, 0.5) is 0 Å². The van der Waals surface area contributed by atoms with Crippen molar-refractivity contribution in [2.75, 3.05) is 6.61 Å². The minimum absolute atomic E-state index is 0.208. The lowest BCUT2D eigenvalue weighted by atomic mass is 9.99. The summed E-state index contributed by atoms with van der Waals surface area (Å²) < 4.78 is 5.24. The van der Waals surface area contributed by atoms with Gasteiger partial charge in [0.1, 0.15) is 0 Å². The molecule has 0 aromatic heterocycles. The molecule has 1 unspecified atom stereocenters. The van der Waals surface area contributed by atoms with Crippen molar-refractivity contribution in [2.45, 2.75) is 52.4 Å². The molecule has 0 bridgehead atoms. The normalized spacial score (nSPS) is 12.1. The molecule has 0 aliphatic carbocycles. The second-order valence-electron chi connectivity index (χ2n) is 5.25. The zero-order valence-corrected chi connectivity index (χ0v) is 12.2. The summed E-state index contributed by atoms with van der Waals surface area (Å²) in [6.45, 7) is 5.09. The molecule has 2 heteroatoms. The number of unbranched alkanes of at least 4 members (excludes halogenated alkanes) is 2. The van der Waals surface area contributed by atoms with Crippen LogP contribution in [0.1, 0.15) is 62.7 Å². The summed E-state index contributed by atoms with van der Waals surface area (Å²) in [5.74, 6) is 0.622. The van der Waals surface area contributed by atoms with Crippen LogP contribution in [0.15, 0.2) is 30.3 Å². The molecule has 0 heterocycles. The van der Waals surface area contributed by atoms with Gasteiger partial charge in [-0.05, 0) is 24.5 Å². The van der Waals surface area contributed by atoms with Gasteiger partial charge in [-0.15, -0.1) is 0 Å². The van der Waals surface area contributed by atoms with E-state index in [9.17, 15) is 4.79 Å². The Morgan fingerprint density at radius 2 is 1.84 bits per heavy atom. The number of ether oxygens (including phenoxy) is 1. The van der Waals surface area contributed by atoms with Gasteiger partial charge in [-0.2, -0.15) is 0 Å². The maximum Gasteiger partial charge on any atom is 0.338 e. The minimum Gasteiger partial charge on any atom is -0.462 e. The topological polar surface area (TPSA) is 26.3 Å². The lowest BCUT2D eigenvalue weighted by Gasteiger charge is -2.09. The Hall–Kier alpha value is -1.31. The van der Waals surface area contributed by atoms with Crippen LogP contribution in [0.3, 0.4) is 0 Å². The largest absolute Gasteiger partial charge is 0.462 e. The van der Waals surface area contributed by atoms with E-state index in [1.54, 1.807) is 12.1 Å². The van der Waals surface area contributed by atoms with Crippen LogP contribution in [0, 0.1) is 5.92 Å². The predicted molar refractivity (Wildman–Crippen MR) is 79.3 cm³/mol. The molecule has 1 atom stereocenters. The van der Waals surface area contributed by atoms with E-state index in [1.165, 1.54) is 25.7 Å².